The third-order valence-corrected chi connectivity index (χ3v) is 4.18. The number of benzene rings is 1. The second-order valence-electron chi connectivity index (χ2n) is 4.23. The molecule has 0 heterocycles. The first-order chi connectivity index (χ1) is 7.66. The average molecular weight is 349 g/mol. The Balaban J connectivity index is 2.10. The smallest absolute Gasteiger partial charge is 0.0741 e. The lowest BCUT2D eigenvalue weighted by Crippen LogP contribution is -2.36. The third kappa shape index (κ3) is 2.99. The number of nitrogens with one attached hydrogen (secondary N) is 1. The second-order valence-corrected chi connectivity index (χ2v) is 6.00. The Morgan fingerprint density at radius 3 is 2.69 bits per heavy atom. The number of rotatable bonds is 2. The SMILES string of the molecule is O[C@@H]1CCCC[C@H]1Nc1cc(Br)ccc1Br. The summed E-state index contributed by atoms with van der Waals surface area (Å²) in [5, 5.41) is 13.3. The fourth-order valence-electron chi connectivity index (χ4n) is 2.09. The van der Waals surface area contributed by atoms with Gasteiger partial charge in [0.15, 0.2) is 0 Å². The van der Waals surface area contributed by atoms with Crippen LogP contribution in [0.2, 0.25) is 0 Å². The zero-order valence-corrected chi connectivity index (χ0v) is 12.1. The van der Waals surface area contributed by atoms with Crippen molar-refractivity contribution in [3.8, 4) is 0 Å². The molecule has 0 amide bonds. The van der Waals surface area contributed by atoms with E-state index >= 15 is 0 Å². The molecule has 1 aromatic carbocycles. The van der Waals surface area contributed by atoms with E-state index in [4.69, 9.17) is 0 Å². The van der Waals surface area contributed by atoms with Gasteiger partial charge >= 0.3 is 0 Å². The predicted molar refractivity (Wildman–Crippen MR) is 73.7 cm³/mol. The standard InChI is InChI=1S/C12H15Br2NO/c13-8-5-6-9(14)11(7-8)15-10-3-1-2-4-12(10)16/h5-7,10,12,15-16H,1-4H2/t10-,12-/m1/s1. The first-order valence-electron chi connectivity index (χ1n) is 5.56. The van der Waals surface area contributed by atoms with E-state index in [0.717, 1.165) is 33.9 Å². The minimum absolute atomic E-state index is 0.180. The largest absolute Gasteiger partial charge is 0.391 e. The van der Waals surface area contributed by atoms with E-state index < -0.39 is 0 Å². The summed E-state index contributed by atoms with van der Waals surface area (Å²) in [7, 11) is 0. The van der Waals surface area contributed by atoms with Crippen LogP contribution < -0.4 is 5.32 Å². The second kappa shape index (κ2) is 5.52. The van der Waals surface area contributed by atoms with Gasteiger partial charge in [-0.1, -0.05) is 28.8 Å². The molecule has 1 fully saturated rings. The van der Waals surface area contributed by atoms with Crippen molar-refractivity contribution >= 4 is 37.5 Å². The van der Waals surface area contributed by atoms with E-state index in [1.165, 1.54) is 6.42 Å². The van der Waals surface area contributed by atoms with Gasteiger partial charge in [-0.25, -0.2) is 0 Å². The molecular formula is C12H15Br2NO. The van der Waals surface area contributed by atoms with E-state index in [0.29, 0.717) is 0 Å². The molecule has 0 saturated heterocycles. The number of aliphatic hydroxyl groups excluding tert-OH is 1. The van der Waals surface area contributed by atoms with Gasteiger partial charge < -0.3 is 10.4 Å². The summed E-state index contributed by atoms with van der Waals surface area (Å²) in [6, 6.07) is 6.21. The van der Waals surface area contributed by atoms with Gasteiger partial charge in [-0.2, -0.15) is 0 Å². The Bertz CT molecular complexity index is 370. The van der Waals surface area contributed by atoms with Crippen LogP contribution in [0.5, 0.6) is 0 Å². The minimum atomic E-state index is -0.223. The highest BCUT2D eigenvalue weighted by atomic mass is 79.9. The number of hydrogen-bond donors (Lipinski definition) is 2. The van der Waals surface area contributed by atoms with Gasteiger partial charge in [0.05, 0.1) is 12.1 Å². The van der Waals surface area contributed by atoms with Gasteiger partial charge in [-0.15, -0.1) is 0 Å². The molecule has 1 aliphatic rings. The Kier molecular flexibility index (Phi) is 4.27. The van der Waals surface area contributed by atoms with Crippen LogP contribution in [0.4, 0.5) is 5.69 Å². The third-order valence-electron chi connectivity index (χ3n) is 3.00. The van der Waals surface area contributed by atoms with Crippen LogP contribution in [0, 0.1) is 0 Å². The maximum Gasteiger partial charge on any atom is 0.0741 e. The molecule has 1 aliphatic carbocycles. The molecule has 2 rings (SSSR count). The maximum absolute atomic E-state index is 9.90. The van der Waals surface area contributed by atoms with Gasteiger partial charge in [-0.05, 0) is 47.0 Å². The molecule has 4 heteroatoms. The zero-order valence-electron chi connectivity index (χ0n) is 8.92. The summed E-state index contributed by atoms with van der Waals surface area (Å²) in [6.07, 6.45) is 4.06. The van der Waals surface area contributed by atoms with Gasteiger partial charge in [0.1, 0.15) is 0 Å². The summed E-state index contributed by atoms with van der Waals surface area (Å²) in [6.45, 7) is 0. The van der Waals surface area contributed by atoms with Gasteiger partial charge in [0.25, 0.3) is 0 Å². The van der Waals surface area contributed by atoms with E-state index in [9.17, 15) is 5.11 Å². The fourth-order valence-corrected chi connectivity index (χ4v) is 2.81. The molecule has 0 spiro atoms. The van der Waals surface area contributed by atoms with Crippen molar-refractivity contribution in [2.24, 2.45) is 0 Å². The summed E-state index contributed by atoms with van der Waals surface area (Å²) in [5.74, 6) is 0. The van der Waals surface area contributed by atoms with E-state index in [2.05, 4.69) is 37.2 Å². The normalized spacial score (nSPS) is 25.4. The number of aliphatic hydroxyl groups is 1. The molecule has 16 heavy (non-hydrogen) atoms. The lowest BCUT2D eigenvalue weighted by atomic mass is 9.92. The van der Waals surface area contributed by atoms with Crippen LogP contribution in [-0.2, 0) is 0 Å². The molecule has 0 aromatic heterocycles. The summed E-state index contributed by atoms with van der Waals surface area (Å²) in [4.78, 5) is 0. The van der Waals surface area contributed by atoms with Crippen molar-refractivity contribution in [1.82, 2.24) is 0 Å². The van der Waals surface area contributed by atoms with Crippen LogP contribution in [-0.4, -0.2) is 17.3 Å². The number of halogens is 2. The Labute approximate surface area is 113 Å². The fraction of sp³-hybridized carbons (Fsp3) is 0.500. The molecule has 1 saturated carbocycles. The molecule has 2 nitrogen and oxygen atoms in total. The van der Waals surface area contributed by atoms with Crippen LogP contribution in [0.15, 0.2) is 27.1 Å². The van der Waals surface area contributed by atoms with Crippen molar-refractivity contribution in [2.45, 2.75) is 37.8 Å². The molecular weight excluding hydrogens is 334 g/mol. The van der Waals surface area contributed by atoms with Gasteiger partial charge in [0, 0.05) is 14.6 Å². The lowest BCUT2D eigenvalue weighted by molar-refractivity contribution is 0.116. The number of hydrogen-bond acceptors (Lipinski definition) is 2. The molecule has 2 N–H and O–H groups in total. The van der Waals surface area contributed by atoms with E-state index in [-0.39, 0.29) is 12.1 Å². The van der Waals surface area contributed by atoms with Gasteiger partial charge in [-0.3, -0.25) is 0 Å². The molecule has 0 radical (unpaired) electrons. The predicted octanol–water partition coefficient (Wildman–Crippen LogP) is 3.93. The lowest BCUT2D eigenvalue weighted by Gasteiger charge is -2.29. The average Bonchev–Trinajstić information content (AvgIpc) is 2.27. The molecule has 2 atom stereocenters. The highest BCUT2D eigenvalue weighted by Crippen LogP contribution is 2.29. The Hall–Kier alpha value is -0.0600. The van der Waals surface area contributed by atoms with Crippen LogP contribution in [0.1, 0.15) is 25.7 Å². The van der Waals surface area contributed by atoms with Crippen molar-refractivity contribution in [2.75, 3.05) is 5.32 Å². The molecule has 1 aromatic rings. The number of anilines is 1. The minimum Gasteiger partial charge on any atom is -0.391 e. The van der Waals surface area contributed by atoms with E-state index in [1.54, 1.807) is 0 Å². The maximum atomic E-state index is 9.90. The van der Waals surface area contributed by atoms with Crippen LogP contribution in [0.3, 0.4) is 0 Å². The quantitative estimate of drug-likeness (QED) is 0.848. The summed E-state index contributed by atoms with van der Waals surface area (Å²) < 4.78 is 2.08. The first kappa shape index (κ1) is 12.4. The van der Waals surface area contributed by atoms with Crippen molar-refractivity contribution in [3.05, 3.63) is 27.1 Å². The molecule has 0 bridgehead atoms. The molecule has 0 aliphatic heterocycles. The first-order valence-corrected chi connectivity index (χ1v) is 7.15. The summed E-state index contributed by atoms with van der Waals surface area (Å²) in [5.41, 5.74) is 1.04. The Morgan fingerprint density at radius 1 is 1.19 bits per heavy atom. The van der Waals surface area contributed by atoms with Crippen LogP contribution >= 0.6 is 31.9 Å². The monoisotopic (exact) mass is 347 g/mol. The van der Waals surface area contributed by atoms with Crippen molar-refractivity contribution in [1.29, 1.82) is 0 Å². The topological polar surface area (TPSA) is 32.3 Å². The summed E-state index contributed by atoms with van der Waals surface area (Å²) >= 11 is 6.97. The van der Waals surface area contributed by atoms with Gasteiger partial charge in [0.2, 0.25) is 0 Å². The van der Waals surface area contributed by atoms with Crippen molar-refractivity contribution in [3.63, 3.8) is 0 Å². The highest BCUT2D eigenvalue weighted by Gasteiger charge is 2.23. The molecule has 0 unspecified atom stereocenters. The van der Waals surface area contributed by atoms with Crippen molar-refractivity contribution < 1.29 is 5.11 Å². The van der Waals surface area contributed by atoms with E-state index in [1.807, 2.05) is 18.2 Å². The Morgan fingerprint density at radius 2 is 1.94 bits per heavy atom. The highest BCUT2D eigenvalue weighted by molar-refractivity contribution is 9.11. The zero-order chi connectivity index (χ0) is 11.5. The molecule has 88 valence electrons. The van der Waals surface area contributed by atoms with Crippen LogP contribution in [0.25, 0.3) is 0 Å².